The lowest BCUT2D eigenvalue weighted by Gasteiger charge is -2.24. The van der Waals surface area contributed by atoms with Crippen LogP contribution in [0.4, 0.5) is 4.79 Å². The number of nitrogens with zero attached hydrogens (tertiary/aromatic N) is 2. The molecule has 0 saturated carbocycles. The third-order valence-corrected chi connectivity index (χ3v) is 2.83. The fourth-order valence-electron chi connectivity index (χ4n) is 1.99. The van der Waals surface area contributed by atoms with Gasteiger partial charge in [-0.1, -0.05) is 0 Å². The van der Waals surface area contributed by atoms with Gasteiger partial charge in [-0.25, -0.2) is 9.78 Å². The zero-order valence-corrected chi connectivity index (χ0v) is 11.9. The van der Waals surface area contributed by atoms with E-state index in [1.165, 1.54) is 0 Å². The highest BCUT2D eigenvalue weighted by Gasteiger charge is 2.30. The number of amides is 1. The summed E-state index contributed by atoms with van der Waals surface area (Å²) in [5, 5.41) is 8.63. The maximum Gasteiger partial charge on any atom is 0.410 e. The van der Waals surface area contributed by atoms with E-state index in [-0.39, 0.29) is 12.5 Å². The molecule has 0 unspecified atom stereocenters. The Labute approximate surface area is 116 Å². The molecule has 7 heteroatoms. The third-order valence-electron chi connectivity index (χ3n) is 2.83. The standard InChI is InChI=1S/C13H19N3O4/c1-13(2,3)20-12(19)16-6-8-9(7-16)15-10(14-8)4-5-11(17)18/h4-7H2,1-3H3,(H,14,15)(H,17,18). The summed E-state index contributed by atoms with van der Waals surface area (Å²) >= 11 is 0. The molecule has 0 fully saturated rings. The molecule has 1 aromatic heterocycles. The SMILES string of the molecule is CC(C)(C)OC(=O)N1Cc2nc(CCC(=O)O)[nH]c2C1. The van der Waals surface area contributed by atoms with Gasteiger partial charge in [-0.2, -0.15) is 0 Å². The number of carboxylic acid groups (broad SMARTS) is 1. The number of rotatable bonds is 3. The number of ether oxygens (including phenoxy) is 1. The molecule has 20 heavy (non-hydrogen) atoms. The van der Waals surface area contributed by atoms with Gasteiger partial charge in [-0.15, -0.1) is 0 Å². The number of hydrogen-bond donors (Lipinski definition) is 2. The van der Waals surface area contributed by atoms with Crippen molar-refractivity contribution in [2.45, 2.75) is 52.3 Å². The molecule has 0 aromatic carbocycles. The van der Waals surface area contributed by atoms with E-state index >= 15 is 0 Å². The van der Waals surface area contributed by atoms with Crippen LogP contribution in [0.2, 0.25) is 0 Å². The maximum absolute atomic E-state index is 11.9. The maximum atomic E-state index is 11.9. The Morgan fingerprint density at radius 1 is 1.40 bits per heavy atom. The molecule has 7 nitrogen and oxygen atoms in total. The summed E-state index contributed by atoms with van der Waals surface area (Å²) in [6, 6.07) is 0. The zero-order valence-electron chi connectivity index (χ0n) is 11.9. The molecule has 2 N–H and O–H groups in total. The molecule has 1 amide bonds. The predicted octanol–water partition coefficient (Wildman–Crippen LogP) is 1.68. The number of H-pyrrole nitrogens is 1. The van der Waals surface area contributed by atoms with Gasteiger partial charge in [-0.05, 0) is 20.8 Å². The lowest BCUT2D eigenvalue weighted by Crippen LogP contribution is -2.33. The van der Waals surface area contributed by atoms with E-state index in [0.717, 1.165) is 11.4 Å². The average Bonchev–Trinajstić information content (AvgIpc) is 2.80. The van der Waals surface area contributed by atoms with E-state index in [4.69, 9.17) is 9.84 Å². The average molecular weight is 281 g/mol. The van der Waals surface area contributed by atoms with Crippen molar-refractivity contribution >= 4 is 12.1 Å². The lowest BCUT2D eigenvalue weighted by molar-refractivity contribution is -0.137. The molecule has 2 heterocycles. The van der Waals surface area contributed by atoms with Crippen molar-refractivity contribution in [1.29, 1.82) is 0 Å². The van der Waals surface area contributed by atoms with Crippen LogP contribution in [0.25, 0.3) is 0 Å². The van der Waals surface area contributed by atoms with Gasteiger partial charge >= 0.3 is 12.1 Å². The number of carboxylic acids is 1. The molecule has 0 spiro atoms. The second-order valence-corrected chi connectivity index (χ2v) is 5.84. The lowest BCUT2D eigenvalue weighted by atomic mass is 10.2. The number of carbonyl (C=O) groups excluding carboxylic acids is 1. The number of nitrogens with one attached hydrogen (secondary N) is 1. The van der Waals surface area contributed by atoms with Crippen LogP contribution in [0.15, 0.2) is 0 Å². The molecule has 0 radical (unpaired) electrons. The van der Waals surface area contributed by atoms with Crippen LogP contribution in [-0.2, 0) is 29.0 Å². The summed E-state index contributed by atoms with van der Waals surface area (Å²) in [6.07, 6.45) is 0.0488. The summed E-state index contributed by atoms with van der Waals surface area (Å²) in [4.78, 5) is 31.4. The number of carbonyl (C=O) groups is 2. The molecule has 0 bridgehead atoms. The fourth-order valence-corrected chi connectivity index (χ4v) is 1.99. The van der Waals surface area contributed by atoms with Gasteiger partial charge in [0.25, 0.3) is 0 Å². The Hall–Kier alpha value is -2.05. The summed E-state index contributed by atoms with van der Waals surface area (Å²) in [5.41, 5.74) is 1.13. The number of aromatic nitrogens is 2. The van der Waals surface area contributed by atoms with Gasteiger partial charge in [-0.3, -0.25) is 9.69 Å². The zero-order chi connectivity index (χ0) is 14.9. The van der Waals surface area contributed by atoms with Crippen LogP contribution < -0.4 is 0 Å². The number of hydrogen-bond acceptors (Lipinski definition) is 4. The van der Waals surface area contributed by atoms with Gasteiger partial charge in [0.15, 0.2) is 0 Å². The highest BCUT2D eigenvalue weighted by molar-refractivity contribution is 5.69. The molecule has 2 rings (SSSR count). The Kier molecular flexibility index (Phi) is 3.69. The van der Waals surface area contributed by atoms with Gasteiger partial charge in [0.05, 0.1) is 30.9 Å². The largest absolute Gasteiger partial charge is 0.481 e. The number of imidazole rings is 1. The van der Waals surface area contributed by atoms with Crippen LogP contribution >= 0.6 is 0 Å². The van der Waals surface area contributed by atoms with Gasteiger partial charge in [0.2, 0.25) is 0 Å². The Morgan fingerprint density at radius 3 is 2.65 bits per heavy atom. The van der Waals surface area contributed by atoms with Gasteiger partial charge in [0, 0.05) is 6.42 Å². The molecular formula is C13H19N3O4. The van der Waals surface area contributed by atoms with Crippen LogP contribution in [-0.4, -0.2) is 37.6 Å². The van der Waals surface area contributed by atoms with E-state index in [2.05, 4.69) is 9.97 Å². The minimum Gasteiger partial charge on any atom is -0.481 e. The van der Waals surface area contributed by atoms with Crippen LogP contribution in [0.3, 0.4) is 0 Å². The molecule has 0 aliphatic carbocycles. The number of fused-ring (bicyclic) bond motifs is 1. The summed E-state index contributed by atoms with van der Waals surface area (Å²) in [7, 11) is 0. The monoisotopic (exact) mass is 281 g/mol. The minimum absolute atomic E-state index is 0.0438. The predicted molar refractivity (Wildman–Crippen MR) is 70.0 cm³/mol. The van der Waals surface area contributed by atoms with E-state index < -0.39 is 11.6 Å². The Morgan fingerprint density at radius 2 is 2.10 bits per heavy atom. The van der Waals surface area contributed by atoms with Crippen LogP contribution in [0, 0.1) is 0 Å². The van der Waals surface area contributed by atoms with Crippen molar-refractivity contribution in [1.82, 2.24) is 14.9 Å². The van der Waals surface area contributed by atoms with Gasteiger partial charge in [0.1, 0.15) is 11.4 Å². The molecule has 0 saturated heterocycles. The van der Waals surface area contributed by atoms with E-state index in [0.29, 0.717) is 25.3 Å². The second-order valence-electron chi connectivity index (χ2n) is 5.84. The van der Waals surface area contributed by atoms with Crippen molar-refractivity contribution in [2.75, 3.05) is 0 Å². The molecule has 1 aliphatic rings. The van der Waals surface area contributed by atoms with Crippen molar-refractivity contribution in [3.05, 3.63) is 17.2 Å². The Balaban J connectivity index is 1.94. The third kappa shape index (κ3) is 3.49. The summed E-state index contributed by atoms with van der Waals surface area (Å²) in [6.45, 7) is 6.28. The molecule has 0 atom stereocenters. The first-order valence-electron chi connectivity index (χ1n) is 6.51. The number of aromatic amines is 1. The number of aryl methyl sites for hydroxylation is 1. The highest BCUT2D eigenvalue weighted by Crippen LogP contribution is 2.23. The minimum atomic E-state index is -0.850. The van der Waals surface area contributed by atoms with Crippen LogP contribution in [0.5, 0.6) is 0 Å². The van der Waals surface area contributed by atoms with E-state index in [1.54, 1.807) is 4.90 Å². The topological polar surface area (TPSA) is 95.5 Å². The normalized spacial score (nSPS) is 14.2. The molecule has 1 aromatic rings. The van der Waals surface area contributed by atoms with Crippen molar-refractivity contribution in [2.24, 2.45) is 0 Å². The first-order valence-corrected chi connectivity index (χ1v) is 6.51. The number of aliphatic carboxylic acids is 1. The quantitative estimate of drug-likeness (QED) is 0.878. The van der Waals surface area contributed by atoms with Crippen molar-refractivity contribution in [3.63, 3.8) is 0 Å². The first kappa shape index (κ1) is 14.4. The van der Waals surface area contributed by atoms with Crippen molar-refractivity contribution < 1.29 is 19.4 Å². The van der Waals surface area contributed by atoms with Gasteiger partial charge < -0.3 is 14.8 Å². The van der Waals surface area contributed by atoms with E-state index in [1.807, 2.05) is 20.8 Å². The van der Waals surface area contributed by atoms with Crippen LogP contribution in [0.1, 0.15) is 44.4 Å². The molecular weight excluding hydrogens is 262 g/mol. The molecule has 1 aliphatic heterocycles. The summed E-state index contributed by atoms with van der Waals surface area (Å²) in [5.74, 6) is -0.196. The summed E-state index contributed by atoms with van der Waals surface area (Å²) < 4.78 is 5.30. The fraction of sp³-hybridized carbons (Fsp3) is 0.615. The smallest absolute Gasteiger partial charge is 0.410 e. The molecule has 110 valence electrons. The van der Waals surface area contributed by atoms with Crippen molar-refractivity contribution in [3.8, 4) is 0 Å². The Bertz CT molecular complexity index is 507. The van der Waals surface area contributed by atoms with E-state index in [9.17, 15) is 9.59 Å². The highest BCUT2D eigenvalue weighted by atomic mass is 16.6. The first-order chi connectivity index (χ1) is 9.24. The second kappa shape index (κ2) is 5.15.